The standard InChI is InChI=1S/C23H23NO5/c1-23(2,3)29-21(26)20(12-13-25)24-22(27)28-14-19-17-10-6-4-8-15(17)16-9-5-7-11-18(16)19/h4-13,19H,14H2,1-3H3,(H,24,27)/b20-12+. The van der Waals surface area contributed by atoms with Crippen molar-refractivity contribution in [1.29, 1.82) is 0 Å². The van der Waals surface area contributed by atoms with Crippen LogP contribution in [0.2, 0.25) is 0 Å². The van der Waals surface area contributed by atoms with Crippen LogP contribution in [0.4, 0.5) is 4.79 Å². The monoisotopic (exact) mass is 393 g/mol. The van der Waals surface area contributed by atoms with Crippen LogP contribution >= 0.6 is 0 Å². The summed E-state index contributed by atoms with van der Waals surface area (Å²) in [6.07, 6.45) is 0.518. The molecule has 0 radical (unpaired) electrons. The van der Waals surface area contributed by atoms with Crippen LogP contribution in [0.1, 0.15) is 37.8 Å². The summed E-state index contributed by atoms with van der Waals surface area (Å²) in [7, 11) is 0. The van der Waals surface area contributed by atoms with Crippen LogP contribution in [0.3, 0.4) is 0 Å². The van der Waals surface area contributed by atoms with Crippen LogP contribution in [0.25, 0.3) is 11.1 Å². The van der Waals surface area contributed by atoms with Gasteiger partial charge in [-0.1, -0.05) is 48.5 Å². The Morgan fingerprint density at radius 3 is 2.07 bits per heavy atom. The fraction of sp³-hybridized carbons (Fsp3) is 0.261. The molecular weight excluding hydrogens is 370 g/mol. The Kier molecular flexibility index (Phi) is 5.82. The number of fused-ring (bicyclic) bond motifs is 3. The number of carbonyl (C=O) groups is 3. The molecule has 3 rings (SSSR count). The van der Waals surface area contributed by atoms with Gasteiger partial charge < -0.3 is 9.47 Å². The topological polar surface area (TPSA) is 81.7 Å². The maximum Gasteiger partial charge on any atom is 0.411 e. The summed E-state index contributed by atoms with van der Waals surface area (Å²) < 4.78 is 10.6. The summed E-state index contributed by atoms with van der Waals surface area (Å²) in [4.78, 5) is 35.3. The normalized spacial score (nSPS) is 13.3. The number of nitrogens with one attached hydrogen (secondary N) is 1. The average molecular weight is 393 g/mol. The minimum Gasteiger partial charge on any atom is -0.455 e. The number of carbonyl (C=O) groups excluding carboxylic acids is 3. The van der Waals surface area contributed by atoms with Crippen molar-refractivity contribution in [3.05, 3.63) is 71.4 Å². The molecular formula is C23H23NO5. The molecule has 0 heterocycles. The number of benzene rings is 2. The van der Waals surface area contributed by atoms with Crippen LogP contribution in [0.15, 0.2) is 60.3 Å². The molecule has 0 fully saturated rings. The van der Waals surface area contributed by atoms with E-state index in [1.807, 2.05) is 48.5 Å². The highest BCUT2D eigenvalue weighted by Crippen LogP contribution is 2.44. The zero-order chi connectivity index (χ0) is 21.0. The Morgan fingerprint density at radius 1 is 1.00 bits per heavy atom. The smallest absolute Gasteiger partial charge is 0.411 e. The molecule has 150 valence electrons. The van der Waals surface area contributed by atoms with Gasteiger partial charge in [-0.2, -0.15) is 0 Å². The third-order valence-corrected chi connectivity index (χ3v) is 4.43. The Labute approximate surface area is 169 Å². The quantitative estimate of drug-likeness (QED) is 0.473. The zero-order valence-corrected chi connectivity index (χ0v) is 16.6. The fourth-order valence-corrected chi connectivity index (χ4v) is 3.31. The van der Waals surface area contributed by atoms with Crippen LogP contribution in [-0.2, 0) is 19.1 Å². The molecule has 1 N–H and O–H groups in total. The van der Waals surface area contributed by atoms with E-state index < -0.39 is 17.7 Å². The average Bonchev–Trinajstić information content (AvgIpc) is 2.99. The molecule has 0 bridgehead atoms. The van der Waals surface area contributed by atoms with Crippen LogP contribution in [-0.4, -0.2) is 30.6 Å². The van der Waals surface area contributed by atoms with Gasteiger partial charge >= 0.3 is 12.1 Å². The molecule has 0 saturated heterocycles. The Morgan fingerprint density at radius 2 is 1.55 bits per heavy atom. The first-order chi connectivity index (χ1) is 13.8. The number of hydrogen-bond donors (Lipinski definition) is 1. The van der Waals surface area contributed by atoms with E-state index in [0.29, 0.717) is 6.29 Å². The summed E-state index contributed by atoms with van der Waals surface area (Å²) >= 11 is 0. The minimum atomic E-state index is -0.828. The van der Waals surface area contributed by atoms with Crippen molar-refractivity contribution in [3.63, 3.8) is 0 Å². The Hall–Kier alpha value is -3.41. The molecule has 6 heteroatoms. The number of amides is 1. The summed E-state index contributed by atoms with van der Waals surface area (Å²) in [6.45, 7) is 5.17. The molecule has 0 unspecified atom stereocenters. The number of allylic oxidation sites excluding steroid dienone is 1. The number of esters is 1. The first-order valence-corrected chi connectivity index (χ1v) is 9.31. The van der Waals surface area contributed by atoms with Gasteiger partial charge in [0.2, 0.25) is 0 Å². The predicted octanol–water partition coefficient (Wildman–Crippen LogP) is 3.95. The second-order valence-corrected chi connectivity index (χ2v) is 7.67. The molecule has 2 aromatic carbocycles. The lowest BCUT2D eigenvalue weighted by Gasteiger charge is -2.20. The summed E-state index contributed by atoms with van der Waals surface area (Å²) in [5, 5.41) is 2.31. The van der Waals surface area contributed by atoms with Crippen molar-refractivity contribution in [2.24, 2.45) is 0 Å². The predicted molar refractivity (Wildman–Crippen MR) is 108 cm³/mol. The van der Waals surface area contributed by atoms with Gasteiger partial charge in [-0.05, 0) is 43.0 Å². The third kappa shape index (κ3) is 4.71. The molecule has 0 aliphatic heterocycles. The molecule has 1 aliphatic rings. The summed E-state index contributed by atoms with van der Waals surface area (Å²) in [5.74, 6) is -0.911. The third-order valence-electron chi connectivity index (χ3n) is 4.43. The molecule has 0 atom stereocenters. The van der Waals surface area contributed by atoms with Crippen LogP contribution in [0, 0.1) is 0 Å². The van der Waals surface area contributed by atoms with Crippen LogP contribution < -0.4 is 5.32 Å². The van der Waals surface area contributed by atoms with E-state index in [4.69, 9.17) is 9.47 Å². The highest BCUT2D eigenvalue weighted by atomic mass is 16.6. The van der Waals surface area contributed by atoms with Gasteiger partial charge in [-0.25, -0.2) is 9.59 Å². The van der Waals surface area contributed by atoms with Gasteiger partial charge in [0.05, 0.1) is 0 Å². The van der Waals surface area contributed by atoms with Crippen molar-refractivity contribution in [2.75, 3.05) is 6.61 Å². The minimum absolute atomic E-state index is 0.0997. The van der Waals surface area contributed by atoms with Crippen LogP contribution in [0.5, 0.6) is 0 Å². The van der Waals surface area contributed by atoms with Gasteiger partial charge in [0.15, 0.2) is 0 Å². The first-order valence-electron chi connectivity index (χ1n) is 9.31. The van der Waals surface area contributed by atoms with Crippen molar-refractivity contribution < 1.29 is 23.9 Å². The molecule has 2 aromatic rings. The van der Waals surface area contributed by atoms with E-state index in [9.17, 15) is 14.4 Å². The molecule has 29 heavy (non-hydrogen) atoms. The van der Waals surface area contributed by atoms with E-state index in [2.05, 4.69) is 5.32 Å². The SMILES string of the molecule is CC(C)(C)OC(=O)/C(=C\C=O)NC(=O)OCC1c2ccccc2-c2ccccc21. The lowest BCUT2D eigenvalue weighted by molar-refractivity contribution is -0.150. The second kappa shape index (κ2) is 8.31. The van der Waals surface area contributed by atoms with Gasteiger partial charge in [0.25, 0.3) is 0 Å². The van der Waals surface area contributed by atoms with E-state index >= 15 is 0 Å². The lowest BCUT2D eigenvalue weighted by Crippen LogP contribution is -2.33. The van der Waals surface area contributed by atoms with E-state index in [1.54, 1.807) is 20.8 Å². The van der Waals surface area contributed by atoms with Gasteiger partial charge in [-0.15, -0.1) is 0 Å². The van der Waals surface area contributed by atoms with Gasteiger partial charge in [-0.3, -0.25) is 10.1 Å². The maximum atomic E-state index is 12.3. The highest BCUT2D eigenvalue weighted by molar-refractivity contribution is 5.95. The van der Waals surface area contributed by atoms with Gasteiger partial charge in [0, 0.05) is 12.0 Å². The molecule has 6 nitrogen and oxygen atoms in total. The van der Waals surface area contributed by atoms with Gasteiger partial charge in [0.1, 0.15) is 24.2 Å². The molecule has 0 aromatic heterocycles. The molecule has 1 amide bonds. The number of alkyl carbamates (subject to hydrolysis) is 1. The first kappa shape index (κ1) is 20.3. The summed E-state index contributed by atoms with van der Waals surface area (Å²) in [6, 6.07) is 16.0. The number of rotatable bonds is 5. The summed E-state index contributed by atoms with van der Waals surface area (Å²) in [5.41, 5.74) is 3.36. The van der Waals surface area contributed by atoms with Crippen molar-refractivity contribution in [2.45, 2.75) is 32.3 Å². The Bertz CT molecular complexity index is 926. The highest BCUT2D eigenvalue weighted by Gasteiger charge is 2.29. The fourth-order valence-electron chi connectivity index (χ4n) is 3.31. The maximum absolute atomic E-state index is 12.3. The zero-order valence-electron chi connectivity index (χ0n) is 16.6. The number of ether oxygens (including phenoxy) is 2. The molecule has 1 aliphatic carbocycles. The van der Waals surface area contributed by atoms with Crippen molar-refractivity contribution in [1.82, 2.24) is 5.32 Å². The molecule has 0 saturated carbocycles. The largest absolute Gasteiger partial charge is 0.455 e. The van der Waals surface area contributed by atoms with Crippen molar-refractivity contribution in [3.8, 4) is 11.1 Å². The second-order valence-electron chi connectivity index (χ2n) is 7.67. The lowest BCUT2D eigenvalue weighted by atomic mass is 9.98. The number of hydrogen-bond acceptors (Lipinski definition) is 5. The molecule has 0 spiro atoms. The van der Waals surface area contributed by atoms with E-state index in [-0.39, 0.29) is 18.2 Å². The van der Waals surface area contributed by atoms with E-state index in [1.165, 1.54) is 0 Å². The number of aldehydes is 1. The Balaban J connectivity index is 1.70. The van der Waals surface area contributed by atoms with Crippen molar-refractivity contribution >= 4 is 18.3 Å². The van der Waals surface area contributed by atoms with E-state index in [0.717, 1.165) is 28.3 Å².